The van der Waals surface area contributed by atoms with Crippen LogP contribution >= 0.6 is 0 Å². The van der Waals surface area contributed by atoms with Crippen LogP contribution < -0.4 is 10.1 Å². The molecule has 3 amide bonds. The van der Waals surface area contributed by atoms with E-state index in [-0.39, 0.29) is 24.3 Å². The Morgan fingerprint density at radius 2 is 1.48 bits per heavy atom. The lowest BCUT2D eigenvalue weighted by Gasteiger charge is -2.14. The molecule has 0 spiro atoms. The van der Waals surface area contributed by atoms with Gasteiger partial charge in [-0.05, 0) is 48.4 Å². The number of ether oxygens (including phenoxy) is 1. The van der Waals surface area contributed by atoms with Gasteiger partial charge in [0.05, 0.1) is 24.2 Å². The number of imide groups is 1. The molecule has 4 rings (SSSR count). The maximum absolute atomic E-state index is 12.5. The Bertz CT molecular complexity index is 1100. The van der Waals surface area contributed by atoms with E-state index in [9.17, 15) is 14.4 Å². The summed E-state index contributed by atoms with van der Waals surface area (Å²) in [5, 5.41) is 2.82. The molecule has 0 radical (unpaired) electrons. The fraction of sp³-hybridized carbons (Fsp3) is 0.160. The summed E-state index contributed by atoms with van der Waals surface area (Å²) in [5.74, 6) is 0.00192. The molecule has 1 aliphatic rings. The quantitative estimate of drug-likeness (QED) is 0.473. The largest absolute Gasteiger partial charge is 0.491 e. The van der Waals surface area contributed by atoms with Gasteiger partial charge >= 0.3 is 0 Å². The van der Waals surface area contributed by atoms with Crippen molar-refractivity contribution in [3.05, 3.63) is 101 Å². The predicted octanol–water partition coefficient (Wildman–Crippen LogP) is 3.60. The molecule has 0 fully saturated rings. The molecule has 0 atom stereocenters. The zero-order chi connectivity index (χ0) is 21.8. The second kappa shape index (κ2) is 8.83. The monoisotopic (exact) mass is 414 g/mol. The Morgan fingerprint density at radius 3 is 2.13 bits per heavy atom. The molecule has 0 saturated carbocycles. The number of benzene rings is 3. The minimum atomic E-state index is -0.295. The van der Waals surface area contributed by atoms with Crippen LogP contribution in [0.2, 0.25) is 0 Å². The fourth-order valence-corrected chi connectivity index (χ4v) is 3.47. The van der Waals surface area contributed by atoms with Crippen LogP contribution in [0.25, 0.3) is 0 Å². The van der Waals surface area contributed by atoms with Gasteiger partial charge < -0.3 is 10.1 Å². The van der Waals surface area contributed by atoms with Crippen LogP contribution in [0.5, 0.6) is 5.75 Å². The zero-order valence-corrected chi connectivity index (χ0v) is 17.1. The van der Waals surface area contributed by atoms with Crippen LogP contribution in [0, 0.1) is 6.92 Å². The van der Waals surface area contributed by atoms with Gasteiger partial charge in [-0.1, -0.05) is 42.5 Å². The molecule has 3 aromatic carbocycles. The summed E-state index contributed by atoms with van der Waals surface area (Å²) in [5.41, 5.74) is 3.17. The normalized spacial score (nSPS) is 12.6. The maximum Gasteiger partial charge on any atom is 0.261 e. The molecule has 1 heterocycles. The number of nitrogens with one attached hydrogen (secondary N) is 1. The first kappa shape index (κ1) is 20.3. The summed E-state index contributed by atoms with van der Waals surface area (Å²) in [6.07, 6.45) is 0. The lowest BCUT2D eigenvalue weighted by Crippen LogP contribution is -2.29. The molecule has 31 heavy (non-hydrogen) atoms. The van der Waals surface area contributed by atoms with Gasteiger partial charge in [0.1, 0.15) is 12.4 Å². The third-order valence-corrected chi connectivity index (χ3v) is 5.17. The van der Waals surface area contributed by atoms with E-state index < -0.39 is 0 Å². The highest BCUT2D eigenvalue weighted by Gasteiger charge is 2.34. The summed E-state index contributed by atoms with van der Waals surface area (Å²) < 4.78 is 5.68. The van der Waals surface area contributed by atoms with E-state index in [0.29, 0.717) is 29.8 Å². The smallest absolute Gasteiger partial charge is 0.261 e. The van der Waals surface area contributed by atoms with Crippen molar-refractivity contribution in [2.45, 2.75) is 13.5 Å². The van der Waals surface area contributed by atoms with E-state index in [1.807, 2.05) is 31.2 Å². The molecule has 1 N–H and O–H groups in total. The van der Waals surface area contributed by atoms with Crippen LogP contribution in [0.1, 0.15) is 42.2 Å². The summed E-state index contributed by atoms with van der Waals surface area (Å²) in [4.78, 5) is 38.5. The van der Waals surface area contributed by atoms with Crippen LogP contribution in [0.4, 0.5) is 0 Å². The molecular weight excluding hydrogens is 392 g/mol. The maximum atomic E-state index is 12.5. The number of amides is 3. The molecule has 156 valence electrons. The number of hydrogen-bond donors (Lipinski definition) is 1. The van der Waals surface area contributed by atoms with Gasteiger partial charge in [0.25, 0.3) is 17.7 Å². The third-order valence-electron chi connectivity index (χ3n) is 5.17. The average Bonchev–Trinajstić information content (AvgIpc) is 3.03. The molecule has 0 bridgehead atoms. The SMILES string of the molecule is Cc1ccccc1OCCNC(=O)c1ccc(CN2C(=O)c3ccccc3C2=O)cc1. The van der Waals surface area contributed by atoms with Gasteiger partial charge in [-0.3, -0.25) is 19.3 Å². The van der Waals surface area contributed by atoms with E-state index in [2.05, 4.69) is 5.32 Å². The molecule has 0 aliphatic carbocycles. The van der Waals surface area contributed by atoms with Gasteiger partial charge in [0.15, 0.2) is 0 Å². The highest BCUT2D eigenvalue weighted by Crippen LogP contribution is 2.24. The van der Waals surface area contributed by atoms with Gasteiger partial charge in [0, 0.05) is 5.56 Å². The van der Waals surface area contributed by atoms with E-state index in [1.165, 1.54) is 4.90 Å². The number of carbonyl (C=O) groups is 3. The first-order valence-electron chi connectivity index (χ1n) is 10.1. The van der Waals surface area contributed by atoms with E-state index in [0.717, 1.165) is 16.9 Å². The molecule has 3 aromatic rings. The third kappa shape index (κ3) is 4.33. The Kier molecular flexibility index (Phi) is 5.80. The standard InChI is InChI=1S/C25H22N2O4/c1-17-6-2-5-9-22(17)31-15-14-26-23(28)19-12-10-18(11-13-19)16-27-24(29)20-7-3-4-8-21(20)25(27)30/h2-13H,14-16H2,1H3,(H,26,28). The molecule has 6 heteroatoms. The van der Waals surface area contributed by atoms with Gasteiger partial charge in [-0.2, -0.15) is 0 Å². The Morgan fingerprint density at radius 1 is 0.871 bits per heavy atom. The summed E-state index contributed by atoms with van der Waals surface area (Å²) in [6.45, 7) is 2.88. The van der Waals surface area contributed by atoms with Crippen LogP contribution in [0.3, 0.4) is 0 Å². The zero-order valence-electron chi connectivity index (χ0n) is 17.1. The molecule has 0 saturated heterocycles. The fourth-order valence-electron chi connectivity index (χ4n) is 3.47. The van der Waals surface area contributed by atoms with Crippen LogP contribution in [0.15, 0.2) is 72.8 Å². The highest BCUT2D eigenvalue weighted by atomic mass is 16.5. The first-order valence-corrected chi connectivity index (χ1v) is 10.1. The summed E-state index contributed by atoms with van der Waals surface area (Å²) in [6, 6.07) is 21.4. The van der Waals surface area contributed by atoms with E-state index in [4.69, 9.17) is 4.74 Å². The molecule has 1 aliphatic heterocycles. The van der Waals surface area contributed by atoms with Crippen molar-refractivity contribution >= 4 is 17.7 Å². The number of rotatable bonds is 7. The van der Waals surface area contributed by atoms with Gasteiger partial charge in [-0.25, -0.2) is 0 Å². The Labute approximate surface area is 180 Å². The van der Waals surface area contributed by atoms with Crippen molar-refractivity contribution in [1.29, 1.82) is 0 Å². The van der Waals surface area contributed by atoms with Crippen molar-refractivity contribution in [3.63, 3.8) is 0 Å². The Balaban J connectivity index is 1.30. The van der Waals surface area contributed by atoms with Crippen molar-refractivity contribution < 1.29 is 19.1 Å². The number of carbonyl (C=O) groups excluding carboxylic acids is 3. The van der Waals surface area contributed by atoms with E-state index >= 15 is 0 Å². The number of hydrogen-bond acceptors (Lipinski definition) is 4. The second-order valence-electron chi connectivity index (χ2n) is 7.31. The minimum absolute atomic E-state index is 0.165. The number of nitrogens with zero attached hydrogens (tertiary/aromatic N) is 1. The second-order valence-corrected chi connectivity index (χ2v) is 7.31. The van der Waals surface area contributed by atoms with Crippen LogP contribution in [-0.4, -0.2) is 35.8 Å². The molecular formula is C25H22N2O4. The first-order chi connectivity index (χ1) is 15.0. The summed E-state index contributed by atoms with van der Waals surface area (Å²) >= 11 is 0. The topological polar surface area (TPSA) is 75.7 Å². The lowest BCUT2D eigenvalue weighted by molar-refractivity contribution is 0.0641. The number of para-hydroxylation sites is 1. The van der Waals surface area contributed by atoms with Crippen molar-refractivity contribution in [2.24, 2.45) is 0 Å². The average molecular weight is 414 g/mol. The molecule has 6 nitrogen and oxygen atoms in total. The predicted molar refractivity (Wildman–Crippen MR) is 116 cm³/mol. The van der Waals surface area contributed by atoms with Crippen molar-refractivity contribution in [2.75, 3.05) is 13.2 Å². The van der Waals surface area contributed by atoms with Crippen molar-refractivity contribution in [1.82, 2.24) is 10.2 Å². The Hall–Kier alpha value is -3.93. The lowest BCUT2D eigenvalue weighted by atomic mass is 10.1. The number of fused-ring (bicyclic) bond motifs is 1. The van der Waals surface area contributed by atoms with Crippen molar-refractivity contribution in [3.8, 4) is 5.75 Å². The molecule has 0 unspecified atom stereocenters. The highest BCUT2D eigenvalue weighted by molar-refractivity contribution is 6.21. The number of aryl methyl sites for hydroxylation is 1. The minimum Gasteiger partial charge on any atom is -0.491 e. The van der Waals surface area contributed by atoms with Gasteiger partial charge in [-0.15, -0.1) is 0 Å². The molecule has 0 aromatic heterocycles. The van der Waals surface area contributed by atoms with E-state index in [1.54, 1.807) is 48.5 Å². The summed E-state index contributed by atoms with van der Waals surface area (Å²) in [7, 11) is 0. The van der Waals surface area contributed by atoms with Crippen LogP contribution in [-0.2, 0) is 6.54 Å². The van der Waals surface area contributed by atoms with Gasteiger partial charge in [0.2, 0.25) is 0 Å².